The van der Waals surface area contributed by atoms with Crippen LogP contribution in [0.25, 0.3) is 0 Å². The monoisotopic (exact) mass is 303 g/mol. The Balaban J connectivity index is 1.78. The van der Waals surface area contributed by atoms with Gasteiger partial charge in [-0.2, -0.15) is 5.10 Å². The molecule has 1 aliphatic rings. The van der Waals surface area contributed by atoms with Crippen molar-refractivity contribution in [3.63, 3.8) is 0 Å². The van der Waals surface area contributed by atoms with E-state index in [0.717, 1.165) is 23.4 Å². The summed E-state index contributed by atoms with van der Waals surface area (Å²) in [5.41, 5.74) is 2.68. The first-order valence-electron chi connectivity index (χ1n) is 7.45. The summed E-state index contributed by atoms with van der Waals surface area (Å²) in [6.45, 7) is 6.28. The topological polar surface area (TPSA) is 69.3 Å². The summed E-state index contributed by atoms with van der Waals surface area (Å²) in [5.74, 6) is 1.27. The van der Waals surface area contributed by atoms with Crippen LogP contribution in [0.1, 0.15) is 45.7 Å². The van der Waals surface area contributed by atoms with E-state index in [4.69, 9.17) is 9.15 Å². The summed E-state index contributed by atoms with van der Waals surface area (Å²) >= 11 is 0. The molecule has 0 aliphatic carbocycles. The lowest BCUT2D eigenvalue weighted by atomic mass is 10.0. The molecule has 1 saturated heterocycles. The van der Waals surface area contributed by atoms with Gasteiger partial charge in [0.15, 0.2) is 0 Å². The standard InChI is InChI=1S/C16H21N3O3/c1-9-7-12(11(3)22-9)16(20)18-14-5-6-21-15(14)13-8-17-19(4)10(13)2/h7-8,14-15H,5-6H2,1-4H3,(H,18,20)/t14-,15+/m0/s1. The first kappa shape index (κ1) is 14.8. The van der Waals surface area contributed by atoms with Gasteiger partial charge in [0.1, 0.15) is 17.6 Å². The molecule has 1 N–H and O–H groups in total. The van der Waals surface area contributed by atoms with Crippen LogP contribution in [0.15, 0.2) is 16.7 Å². The first-order valence-corrected chi connectivity index (χ1v) is 7.45. The van der Waals surface area contributed by atoms with Crippen LogP contribution in [-0.4, -0.2) is 28.3 Å². The number of hydrogen-bond acceptors (Lipinski definition) is 4. The molecule has 6 nitrogen and oxygen atoms in total. The van der Waals surface area contributed by atoms with Gasteiger partial charge in [-0.15, -0.1) is 0 Å². The maximum atomic E-state index is 12.5. The van der Waals surface area contributed by atoms with E-state index in [0.29, 0.717) is 17.9 Å². The largest absolute Gasteiger partial charge is 0.466 e. The lowest BCUT2D eigenvalue weighted by Gasteiger charge is -2.19. The number of aryl methyl sites for hydroxylation is 3. The Hall–Kier alpha value is -2.08. The van der Waals surface area contributed by atoms with Gasteiger partial charge in [-0.3, -0.25) is 9.48 Å². The molecule has 2 aromatic rings. The van der Waals surface area contributed by atoms with E-state index in [2.05, 4.69) is 10.4 Å². The minimum absolute atomic E-state index is 0.0509. The number of carbonyl (C=O) groups excluding carboxylic acids is 1. The summed E-state index contributed by atoms with van der Waals surface area (Å²) < 4.78 is 13.1. The quantitative estimate of drug-likeness (QED) is 0.943. The molecule has 1 fully saturated rings. The van der Waals surface area contributed by atoms with Gasteiger partial charge in [-0.05, 0) is 33.3 Å². The maximum Gasteiger partial charge on any atom is 0.255 e. The Labute approximate surface area is 129 Å². The van der Waals surface area contributed by atoms with E-state index in [9.17, 15) is 4.79 Å². The molecule has 0 aromatic carbocycles. The van der Waals surface area contributed by atoms with E-state index < -0.39 is 0 Å². The third kappa shape index (κ3) is 2.54. The molecule has 0 unspecified atom stereocenters. The van der Waals surface area contributed by atoms with Crippen LogP contribution in [-0.2, 0) is 11.8 Å². The second kappa shape index (κ2) is 5.61. The van der Waals surface area contributed by atoms with Crippen molar-refractivity contribution in [2.75, 3.05) is 6.61 Å². The van der Waals surface area contributed by atoms with Gasteiger partial charge in [-0.1, -0.05) is 0 Å². The van der Waals surface area contributed by atoms with Gasteiger partial charge >= 0.3 is 0 Å². The molecule has 0 bridgehead atoms. The highest BCUT2D eigenvalue weighted by Gasteiger charge is 2.33. The van der Waals surface area contributed by atoms with Crippen molar-refractivity contribution in [2.45, 2.75) is 39.3 Å². The number of rotatable bonds is 3. The van der Waals surface area contributed by atoms with E-state index in [1.165, 1.54) is 0 Å². The van der Waals surface area contributed by atoms with Crippen LogP contribution in [0, 0.1) is 20.8 Å². The zero-order chi connectivity index (χ0) is 15.9. The average Bonchev–Trinajstić information content (AvgIpc) is 3.12. The molecule has 3 rings (SSSR count). The van der Waals surface area contributed by atoms with E-state index in [1.54, 1.807) is 13.0 Å². The molecule has 1 amide bonds. The Morgan fingerprint density at radius 1 is 1.41 bits per heavy atom. The second-order valence-electron chi connectivity index (χ2n) is 5.80. The molecular weight excluding hydrogens is 282 g/mol. The number of amides is 1. The Morgan fingerprint density at radius 2 is 2.18 bits per heavy atom. The zero-order valence-corrected chi connectivity index (χ0v) is 13.3. The highest BCUT2D eigenvalue weighted by Crippen LogP contribution is 2.31. The van der Waals surface area contributed by atoms with Crippen molar-refractivity contribution in [3.8, 4) is 0 Å². The lowest BCUT2D eigenvalue weighted by Crippen LogP contribution is -2.37. The van der Waals surface area contributed by atoms with Crippen molar-refractivity contribution >= 4 is 5.91 Å². The van der Waals surface area contributed by atoms with Crippen LogP contribution in [0.2, 0.25) is 0 Å². The molecule has 22 heavy (non-hydrogen) atoms. The molecule has 2 atom stereocenters. The van der Waals surface area contributed by atoms with Crippen molar-refractivity contribution in [2.24, 2.45) is 7.05 Å². The summed E-state index contributed by atoms with van der Waals surface area (Å²) in [6.07, 6.45) is 2.46. The fourth-order valence-corrected chi connectivity index (χ4v) is 2.94. The SMILES string of the molecule is Cc1cc(C(=O)N[C@H]2CCO[C@@H]2c2cnn(C)c2C)c(C)o1. The minimum Gasteiger partial charge on any atom is -0.466 e. The van der Waals surface area contributed by atoms with Crippen LogP contribution in [0.4, 0.5) is 0 Å². The van der Waals surface area contributed by atoms with E-state index in [-0.39, 0.29) is 18.1 Å². The number of furan rings is 1. The van der Waals surface area contributed by atoms with Crippen molar-refractivity contribution in [1.29, 1.82) is 0 Å². The van der Waals surface area contributed by atoms with Gasteiger partial charge in [0, 0.05) is 24.9 Å². The highest BCUT2D eigenvalue weighted by molar-refractivity contribution is 5.95. The molecule has 118 valence electrons. The summed E-state index contributed by atoms with van der Waals surface area (Å²) in [7, 11) is 1.90. The normalized spacial score (nSPS) is 21.3. The average molecular weight is 303 g/mol. The maximum absolute atomic E-state index is 12.5. The fraction of sp³-hybridized carbons (Fsp3) is 0.500. The summed E-state index contributed by atoms with van der Waals surface area (Å²) in [4.78, 5) is 12.5. The molecule has 0 spiro atoms. The summed E-state index contributed by atoms with van der Waals surface area (Å²) in [5, 5.41) is 7.33. The predicted octanol–water partition coefficient (Wildman–Crippen LogP) is 2.20. The number of nitrogens with zero attached hydrogens (tertiary/aromatic N) is 2. The predicted molar refractivity (Wildman–Crippen MR) is 80.7 cm³/mol. The third-order valence-electron chi connectivity index (χ3n) is 4.27. The van der Waals surface area contributed by atoms with Crippen LogP contribution < -0.4 is 5.32 Å². The summed E-state index contributed by atoms with van der Waals surface area (Å²) in [6, 6.07) is 1.72. The molecule has 0 radical (unpaired) electrons. The molecule has 3 heterocycles. The number of ether oxygens (including phenoxy) is 1. The van der Waals surface area contributed by atoms with E-state index in [1.807, 2.05) is 31.8 Å². The fourth-order valence-electron chi connectivity index (χ4n) is 2.94. The van der Waals surface area contributed by atoms with Gasteiger partial charge in [0.2, 0.25) is 0 Å². The zero-order valence-electron chi connectivity index (χ0n) is 13.3. The minimum atomic E-state index is -0.147. The van der Waals surface area contributed by atoms with Crippen LogP contribution in [0.5, 0.6) is 0 Å². The van der Waals surface area contributed by atoms with Crippen LogP contribution >= 0.6 is 0 Å². The molecule has 1 aliphatic heterocycles. The molecule has 0 saturated carbocycles. The van der Waals surface area contributed by atoms with Gasteiger partial charge in [0.25, 0.3) is 5.91 Å². The van der Waals surface area contributed by atoms with Crippen molar-refractivity contribution < 1.29 is 13.9 Å². The number of nitrogens with one attached hydrogen (secondary N) is 1. The van der Waals surface area contributed by atoms with Crippen LogP contribution in [0.3, 0.4) is 0 Å². The number of hydrogen-bond donors (Lipinski definition) is 1. The smallest absolute Gasteiger partial charge is 0.255 e. The van der Waals surface area contributed by atoms with Crippen molar-refractivity contribution in [3.05, 3.63) is 40.6 Å². The Kier molecular flexibility index (Phi) is 3.78. The Morgan fingerprint density at radius 3 is 2.77 bits per heavy atom. The van der Waals surface area contributed by atoms with Gasteiger partial charge in [-0.25, -0.2) is 0 Å². The third-order valence-corrected chi connectivity index (χ3v) is 4.27. The number of aromatic nitrogens is 2. The highest BCUT2D eigenvalue weighted by atomic mass is 16.5. The number of carbonyl (C=O) groups is 1. The van der Waals surface area contributed by atoms with Gasteiger partial charge < -0.3 is 14.5 Å². The molecule has 2 aromatic heterocycles. The molecule has 6 heteroatoms. The van der Waals surface area contributed by atoms with Crippen molar-refractivity contribution in [1.82, 2.24) is 15.1 Å². The second-order valence-corrected chi connectivity index (χ2v) is 5.80. The van der Waals surface area contributed by atoms with Gasteiger partial charge in [0.05, 0.1) is 17.8 Å². The van der Waals surface area contributed by atoms with E-state index >= 15 is 0 Å². The first-order chi connectivity index (χ1) is 10.5. The molecular formula is C16H21N3O3. The Bertz CT molecular complexity index is 702. The lowest BCUT2D eigenvalue weighted by molar-refractivity contribution is 0.0818.